The van der Waals surface area contributed by atoms with Crippen molar-refractivity contribution in [2.75, 3.05) is 6.54 Å². The first-order chi connectivity index (χ1) is 8.16. The van der Waals surface area contributed by atoms with Crippen LogP contribution in [-0.4, -0.2) is 22.7 Å². The standard InChI is InChI=1S/C11H12N2O3S/c1-7-4-10(16-13-7)11(15)12-5-9(14)8-2-3-17-6-8/h2-4,6,9,14H,5H2,1H3,(H,12,15). The van der Waals surface area contributed by atoms with Crippen LogP contribution in [0.2, 0.25) is 0 Å². The highest BCUT2D eigenvalue weighted by atomic mass is 32.1. The molecule has 1 atom stereocenters. The number of nitrogens with zero attached hydrogens (tertiary/aromatic N) is 1. The summed E-state index contributed by atoms with van der Waals surface area (Å²) in [6.45, 7) is 1.88. The molecule has 2 aromatic rings. The van der Waals surface area contributed by atoms with E-state index >= 15 is 0 Å². The van der Waals surface area contributed by atoms with Crippen LogP contribution in [0, 0.1) is 6.92 Å². The summed E-state index contributed by atoms with van der Waals surface area (Å²) in [6, 6.07) is 3.37. The summed E-state index contributed by atoms with van der Waals surface area (Å²) < 4.78 is 4.81. The van der Waals surface area contributed by atoms with Gasteiger partial charge in [0.15, 0.2) is 0 Å². The Morgan fingerprint density at radius 3 is 3.12 bits per heavy atom. The van der Waals surface area contributed by atoms with Crippen LogP contribution in [0.5, 0.6) is 0 Å². The number of aliphatic hydroxyl groups excluding tert-OH is 1. The Morgan fingerprint density at radius 2 is 2.53 bits per heavy atom. The fourth-order valence-corrected chi connectivity index (χ4v) is 2.04. The lowest BCUT2D eigenvalue weighted by Crippen LogP contribution is -2.27. The number of nitrogens with one attached hydrogen (secondary N) is 1. The largest absolute Gasteiger partial charge is 0.387 e. The summed E-state index contributed by atoms with van der Waals surface area (Å²) >= 11 is 1.50. The Morgan fingerprint density at radius 1 is 1.71 bits per heavy atom. The van der Waals surface area contributed by atoms with E-state index in [1.165, 1.54) is 11.3 Å². The van der Waals surface area contributed by atoms with Crippen LogP contribution in [0.15, 0.2) is 27.4 Å². The van der Waals surface area contributed by atoms with E-state index < -0.39 is 6.10 Å². The molecule has 0 aromatic carbocycles. The van der Waals surface area contributed by atoms with Gasteiger partial charge < -0.3 is 14.9 Å². The lowest BCUT2D eigenvalue weighted by atomic mass is 10.2. The van der Waals surface area contributed by atoms with E-state index in [0.29, 0.717) is 5.69 Å². The van der Waals surface area contributed by atoms with Crippen molar-refractivity contribution in [1.29, 1.82) is 0 Å². The van der Waals surface area contributed by atoms with E-state index in [-0.39, 0.29) is 18.2 Å². The quantitative estimate of drug-likeness (QED) is 0.864. The number of hydrogen-bond donors (Lipinski definition) is 2. The van der Waals surface area contributed by atoms with Crippen molar-refractivity contribution in [2.45, 2.75) is 13.0 Å². The van der Waals surface area contributed by atoms with Gasteiger partial charge in [-0.3, -0.25) is 4.79 Å². The molecule has 17 heavy (non-hydrogen) atoms. The third-order valence-electron chi connectivity index (χ3n) is 2.24. The van der Waals surface area contributed by atoms with E-state index in [2.05, 4.69) is 10.5 Å². The third kappa shape index (κ3) is 2.92. The van der Waals surface area contributed by atoms with Gasteiger partial charge in [-0.05, 0) is 29.3 Å². The average molecular weight is 252 g/mol. The molecule has 0 aliphatic carbocycles. The van der Waals surface area contributed by atoms with Crippen molar-refractivity contribution < 1.29 is 14.4 Å². The summed E-state index contributed by atoms with van der Waals surface area (Å²) in [4.78, 5) is 11.6. The maximum atomic E-state index is 11.6. The van der Waals surface area contributed by atoms with E-state index in [4.69, 9.17) is 4.52 Å². The number of aryl methyl sites for hydroxylation is 1. The average Bonchev–Trinajstić information content (AvgIpc) is 2.95. The predicted molar refractivity (Wildman–Crippen MR) is 62.9 cm³/mol. The number of aliphatic hydroxyl groups is 1. The van der Waals surface area contributed by atoms with E-state index in [9.17, 15) is 9.90 Å². The van der Waals surface area contributed by atoms with Crippen LogP contribution in [0.25, 0.3) is 0 Å². The molecular weight excluding hydrogens is 240 g/mol. The lowest BCUT2D eigenvalue weighted by molar-refractivity contribution is 0.0880. The van der Waals surface area contributed by atoms with Crippen molar-refractivity contribution in [2.24, 2.45) is 0 Å². The molecule has 0 aliphatic heterocycles. The molecule has 2 rings (SSSR count). The predicted octanol–water partition coefficient (Wildman–Crippen LogP) is 1.51. The second-order valence-electron chi connectivity index (χ2n) is 3.62. The number of amides is 1. The summed E-state index contributed by atoms with van der Waals surface area (Å²) in [5, 5.41) is 19.7. The molecule has 5 nitrogen and oxygen atoms in total. The van der Waals surface area contributed by atoms with Gasteiger partial charge in [0, 0.05) is 12.6 Å². The smallest absolute Gasteiger partial charge is 0.290 e. The number of rotatable bonds is 4. The molecule has 0 saturated carbocycles. The zero-order valence-electron chi connectivity index (χ0n) is 9.21. The molecular formula is C11H12N2O3S. The molecule has 2 aromatic heterocycles. The minimum atomic E-state index is -0.700. The van der Waals surface area contributed by atoms with Crippen molar-refractivity contribution in [3.63, 3.8) is 0 Å². The molecule has 1 unspecified atom stereocenters. The van der Waals surface area contributed by atoms with Crippen LogP contribution in [0.1, 0.15) is 27.9 Å². The number of carbonyl (C=O) groups excluding carboxylic acids is 1. The zero-order valence-corrected chi connectivity index (χ0v) is 10.0. The van der Waals surface area contributed by atoms with Crippen molar-refractivity contribution >= 4 is 17.2 Å². The summed E-state index contributed by atoms with van der Waals surface area (Å²) in [6.07, 6.45) is -0.700. The molecule has 0 saturated heterocycles. The first-order valence-electron chi connectivity index (χ1n) is 5.08. The number of carbonyl (C=O) groups is 1. The van der Waals surface area contributed by atoms with Crippen LogP contribution in [0.4, 0.5) is 0 Å². The lowest BCUT2D eigenvalue weighted by Gasteiger charge is -2.08. The molecule has 0 aliphatic rings. The summed E-state index contributed by atoms with van der Waals surface area (Å²) in [5.41, 5.74) is 1.44. The number of thiophene rings is 1. The molecule has 0 radical (unpaired) electrons. The van der Waals surface area contributed by atoms with Crippen LogP contribution < -0.4 is 5.32 Å². The normalized spacial score (nSPS) is 12.4. The van der Waals surface area contributed by atoms with Crippen molar-refractivity contribution in [3.8, 4) is 0 Å². The second kappa shape index (κ2) is 5.11. The molecule has 1 amide bonds. The second-order valence-corrected chi connectivity index (χ2v) is 4.40. The molecule has 0 bridgehead atoms. The highest BCUT2D eigenvalue weighted by molar-refractivity contribution is 7.07. The van der Waals surface area contributed by atoms with Gasteiger partial charge in [0.05, 0.1) is 11.8 Å². The Bertz CT molecular complexity index is 493. The summed E-state index contributed by atoms with van der Waals surface area (Å²) in [7, 11) is 0. The maximum Gasteiger partial charge on any atom is 0.290 e. The first-order valence-corrected chi connectivity index (χ1v) is 6.03. The SMILES string of the molecule is Cc1cc(C(=O)NCC(O)c2ccsc2)on1. The molecule has 0 spiro atoms. The summed E-state index contributed by atoms with van der Waals surface area (Å²) in [5.74, 6) is -0.222. The van der Waals surface area contributed by atoms with Gasteiger partial charge in [-0.2, -0.15) is 11.3 Å². The number of aromatic nitrogens is 1. The van der Waals surface area contributed by atoms with Crippen LogP contribution in [-0.2, 0) is 0 Å². The topological polar surface area (TPSA) is 75.4 Å². The maximum absolute atomic E-state index is 11.6. The van der Waals surface area contributed by atoms with Crippen LogP contribution in [0.3, 0.4) is 0 Å². The Labute approximate surface area is 102 Å². The van der Waals surface area contributed by atoms with Gasteiger partial charge in [-0.15, -0.1) is 0 Å². The van der Waals surface area contributed by atoms with Gasteiger partial charge in [0.2, 0.25) is 5.76 Å². The third-order valence-corrected chi connectivity index (χ3v) is 2.94. The van der Waals surface area contributed by atoms with E-state index in [1.54, 1.807) is 13.0 Å². The van der Waals surface area contributed by atoms with Gasteiger partial charge in [-0.1, -0.05) is 5.16 Å². The van der Waals surface area contributed by atoms with E-state index in [1.807, 2.05) is 16.8 Å². The highest BCUT2D eigenvalue weighted by Gasteiger charge is 2.14. The van der Waals surface area contributed by atoms with Gasteiger partial charge in [0.25, 0.3) is 5.91 Å². The minimum Gasteiger partial charge on any atom is -0.387 e. The van der Waals surface area contributed by atoms with Gasteiger partial charge >= 0.3 is 0 Å². The molecule has 0 fully saturated rings. The van der Waals surface area contributed by atoms with Crippen molar-refractivity contribution in [1.82, 2.24) is 10.5 Å². The van der Waals surface area contributed by atoms with Crippen molar-refractivity contribution in [3.05, 3.63) is 39.9 Å². The number of hydrogen-bond acceptors (Lipinski definition) is 5. The van der Waals surface area contributed by atoms with Gasteiger partial charge in [-0.25, -0.2) is 0 Å². The highest BCUT2D eigenvalue weighted by Crippen LogP contribution is 2.15. The first kappa shape index (κ1) is 11.8. The van der Waals surface area contributed by atoms with Crippen LogP contribution >= 0.6 is 11.3 Å². The Balaban J connectivity index is 1.88. The molecule has 2 heterocycles. The fourth-order valence-electron chi connectivity index (χ4n) is 1.33. The Kier molecular flexibility index (Phi) is 3.55. The fraction of sp³-hybridized carbons (Fsp3) is 0.273. The molecule has 90 valence electrons. The molecule has 6 heteroatoms. The van der Waals surface area contributed by atoms with Gasteiger partial charge in [0.1, 0.15) is 0 Å². The minimum absolute atomic E-state index is 0.148. The zero-order chi connectivity index (χ0) is 12.3. The molecule has 2 N–H and O–H groups in total. The Hall–Kier alpha value is -1.66. The monoisotopic (exact) mass is 252 g/mol. The van der Waals surface area contributed by atoms with E-state index in [0.717, 1.165) is 5.56 Å².